The molecule has 3 nitrogen and oxygen atoms in total. The summed E-state index contributed by atoms with van der Waals surface area (Å²) >= 11 is 0. The lowest BCUT2D eigenvalue weighted by molar-refractivity contribution is -0.121. The van der Waals surface area contributed by atoms with Crippen LogP contribution < -0.4 is 5.32 Å². The minimum atomic E-state index is -0.550. The first-order chi connectivity index (χ1) is 10.6. The number of fused-ring (bicyclic) bond motifs is 1. The quantitative estimate of drug-likeness (QED) is 0.823. The van der Waals surface area contributed by atoms with E-state index in [1.165, 1.54) is 5.56 Å². The standard InChI is InChI=1S/C19H23NO2/c1-5-14-9-10-17-16(11-14)15(13-22-17)12-18(21)20-19(6-2,7-3)8-4/h2,9-11,13H,5,7-8,12H2,1,3-4H3,(H,20,21). The van der Waals surface area contributed by atoms with Crippen molar-refractivity contribution in [1.82, 2.24) is 5.32 Å². The summed E-state index contributed by atoms with van der Waals surface area (Å²) in [4.78, 5) is 12.4. The summed E-state index contributed by atoms with van der Waals surface area (Å²) < 4.78 is 5.54. The number of terminal acetylenes is 1. The van der Waals surface area contributed by atoms with E-state index in [0.29, 0.717) is 0 Å². The first-order valence-electron chi connectivity index (χ1n) is 7.85. The van der Waals surface area contributed by atoms with Gasteiger partial charge in [-0.15, -0.1) is 6.42 Å². The molecule has 3 heteroatoms. The van der Waals surface area contributed by atoms with Gasteiger partial charge in [0.15, 0.2) is 0 Å². The highest BCUT2D eigenvalue weighted by Crippen LogP contribution is 2.24. The van der Waals surface area contributed by atoms with Crippen molar-refractivity contribution < 1.29 is 9.21 Å². The smallest absolute Gasteiger partial charge is 0.225 e. The van der Waals surface area contributed by atoms with Gasteiger partial charge in [-0.2, -0.15) is 0 Å². The number of nitrogens with one attached hydrogen (secondary N) is 1. The Bertz CT molecular complexity index is 702. The van der Waals surface area contributed by atoms with Gasteiger partial charge in [0.2, 0.25) is 5.91 Å². The number of amides is 1. The van der Waals surface area contributed by atoms with E-state index in [2.05, 4.69) is 24.2 Å². The Balaban J connectivity index is 2.20. The van der Waals surface area contributed by atoms with Crippen molar-refractivity contribution in [3.8, 4) is 12.3 Å². The van der Waals surface area contributed by atoms with Crippen molar-refractivity contribution in [2.75, 3.05) is 0 Å². The van der Waals surface area contributed by atoms with Crippen LogP contribution in [-0.4, -0.2) is 11.4 Å². The Morgan fingerprint density at radius 3 is 2.64 bits per heavy atom. The van der Waals surface area contributed by atoms with Gasteiger partial charge in [0.25, 0.3) is 0 Å². The van der Waals surface area contributed by atoms with Gasteiger partial charge in [0.05, 0.1) is 12.7 Å². The highest BCUT2D eigenvalue weighted by atomic mass is 16.3. The van der Waals surface area contributed by atoms with E-state index in [1.807, 2.05) is 26.0 Å². The number of benzene rings is 1. The number of hydrogen-bond donors (Lipinski definition) is 1. The van der Waals surface area contributed by atoms with Crippen LogP contribution in [0.4, 0.5) is 0 Å². The highest BCUT2D eigenvalue weighted by Gasteiger charge is 2.25. The van der Waals surface area contributed by atoms with Gasteiger partial charge in [0.1, 0.15) is 11.1 Å². The molecule has 0 saturated carbocycles. The maximum absolute atomic E-state index is 12.4. The fourth-order valence-electron chi connectivity index (χ4n) is 2.64. The predicted molar refractivity (Wildman–Crippen MR) is 89.6 cm³/mol. The second-order valence-electron chi connectivity index (χ2n) is 5.60. The second-order valence-corrected chi connectivity index (χ2v) is 5.60. The van der Waals surface area contributed by atoms with E-state index in [4.69, 9.17) is 10.8 Å². The number of aryl methyl sites for hydroxylation is 1. The zero-order valence-electron chi connectivity index (χ0n) is 13.5. The molecular weight excluding hydrogens is 274 g/mol. The van der Waals surface area contributed by atoms with Gasteiger partial charge < -0.3 is 9.73 Å². The summed E-state index contributed by atoms with van der Waals surface area (Å²) in [6, 6.07) is 6.10. The SMILES string of the molecule is C#CC(CC)(CC)NC(=O)Cc1coc2ccc(CC)cc12. The minimum Gasteiger partial charge on any atom is -0.464 e. The van der Waals surface area contributed by atoms with Crippen LogP contribution in [0.3, 0.4) is 0 Å². The van der Waals surface area contributed by atoms with E-state index < -0.39 is 5.54 Å². The van der Waals surface area contributed by atoms with E-state index in [-0.39, 0.29) is 12.3 Å². The molecule has 0 radical (unpaired) electrons. The number of rotatable bonds is 6. The van der Waals surface area contributed by atoms with Crippen molar-refractivity contribution in [1.29, 1.82) is 0 Å². The lowest BCUT2D eigenvalue weighted by atomic mass is 9.93. The molecule has 1 N–H and O–H groups in total. The van der Waals surface area contributed by atoms with Gasteiger partial charge in [-0.25, -0.2) is 0 Å². The lowest BCUT2D eigenvalue weighted by Crippen LogP contribution is -2.47. The summed E-state index contributed by atoms with van der Waals surface area (Å²) in [5.41, 5.74) is 2.40. The van der Waals surface area contributed by atoms with E-state index in [1.54, 1.807) is 6.26 Å². The maximum atomic E-state index is 12.4. The molecule has 22 heavy (non-hydrogen) atoms. The molecule has 0 aliphatic rings. The Morgan fingerprint density at radius 1 is 1.32 bits per heavy atom. The van der Waals surface area contributed by atoms with Gasteiger partial charge >= 0.3 is 0 Å². The summed E-state index contributed by atoms with van der Waals surface area (Å²) in [7, 11) is 0. The zero-order valence-corrected chi connectivity index (χ0v) is 13.5. The number of furan rings is 1. The molecular formula is C19H23NO2. The Kier molecular flexibility index (Phi) is 4.92. The van der Waals surface area contributed by atoms with Gasteiger partial charge in [0, 0.05) is 10.9 Å². The Morgan fingerprint density at radius 2 is 2.05 bits per heavy atom. The third kappa shape index (κ3) is 3.17. The van der Waals surface area contributed by atoms with E-state index >= 15 is 0 Å². The molecule has 2 aromatic rings. The van der Waals surface area contributed by atoms with Crippen molar-refractivity contribution in [2.45, 2.75) is 52.0 Å². The molecule has 0 bridgehead atoms. The molecule has 0 aliphatic carbocycles. The molecule has 0 saturated heterocycles. The topological polar surface area (TPSA) is 42.2 Å². The lowest BCUT2D eigenvalue weighted by Gasteiger charge is -2.26. The van der Waals surface area contributed by atoms with Crippen LogP contribution in [0.1, 0.15) is 44.7 Å². The molecule has 1 amide bonds. The van der Waals surface area contributed by atoms with E-state index in [9.17, 15) is 4.79 Å². The monoisotopic (exact) mass is 297 g/mol. The molecule has 1 heterocycles. The van der Waals surface area contributed by atoms with Gasteiger partial charge in [-0.05, 0) is 37.0 Å². The van der Waals surface area contributed by atoms with Crippen LogP contribution >= 0.6 is 0 Å². The predicted octanol–water partition coefficient (Wildman–Crippen LogP) is 3.85. The van der Waals surface area contributed by atoms with Gasteiger partial charge in [-0.1, -0.05) is 32.8 Å². The average Bonchev–Trinajstić information content (AvgIpc) is 2.94. The van der Waals surface area contributed by atoms with Crippen LogP contribution in [-0.2, 0) is 17.6 Å². The van der Waals surface area contributed by atoms with Crippen LogP contribution in [0.2, 0.25) is 0 Å². The Hall–Kier alpha value is -2.21. The molecule has 0 spiro atoms. The third-order valence-electron chi connectivity index (χ3n) is 4.34. The summed E-state index contributed by atoms with van der Waals surface area (Å²) in [5, 5.41) is 4.00. The first-order valence-corrected chi connectivity index (χ1v) is 7.85. The second kappa shape index (κ2) is 6.70. The van der Waals surface area contributed by atoms with E-state index in [0.717, 1.165) is 35.8 Å². The third-order valence-corrected chi connectivity index (χ3v) is 4.34. The average molecular weight is 297 g/mol. The molecule has 0 aliphatic heterocycles. The van der Waals surface area contributed by atoms with Crippen molar-refractivity contribution in [3.05, 3.63) is 35.6 Å². The van der Waals surface area contributed by atoms with Crippen molar-refractivity contribution in [3.63, 3.8) is 0 Å². The normalized spacial score (nSPS) is 11.4. The number of hydrogen-bond acceptors (Lipinski definition) is 2. The largest absolute Gasteiger partial charge is 0.464 e. The molecule has 1 aromatic heterocycles. The van der Waals surface area contributed by atoms with Crippen LogP contribution in [0, 0.1) is 12.3 Å². The molecule has 116 valence electrons. The summed E-state index contributed by atoms with van der Waals surface area (Å²) in [6.45, 7) is 6.09. The van der Waals surface area contributed by atoms with Crippen LogP contribution in [0.25, 0.3) is 11.0 Å². The molecule has 0 atom stereocenters. The number of carbonyl (C=O) groups is 1. The maximum Gasteiger partial charge on any atom is 0.225 e. The van der Waals surface area contributed by atoms with Gasteiger partial charge in [-0.3, -0.25) is 4.79 Å². The highest BCUT2D eigenvalue weighted by molar-refractivity contribution is 5.88. The zero-order chi connectivity index (χ0) is 16.2. The molecule has 0 fully saturated rings. The molecule has 1 aromatic carbocycles. The summed E-state index contributed by atoms with van der Waals surface area (Å²) in [5.74, 6) is 2.66. The van der Waals surface area contributed by atoms with Crippen molar-refractivity contribution in [2.24, 2.45) is 0 Å². The Labute approximate surface area is 132 Å². The minimum absolute atomic E-state index is 0.0637. The molecule has 0 unspecified atom stereocenters. The van der Waals surface area contributed by atoms with Crippen LogP contribution in [0.5, 0.6) is 0 Å². The first kappa shape index (κ1) is 16.2. The fraction of sp³-hybridized carbons (Fsp3) is 0.421. The molecule has 2 rings (SSSR count). The van der Waals surface area contributed by atoms with Crippen molar-refractivity contribution >= 4 is 16.9 Å². The van der Waals surface area contributed by atoms with Crippen LogP contribution in [0.15, 0.2) is 28.9 Å². The fourth-order valence-corrected chi connectivity index (χ4v) is 2.64. The number of carbonyl (C=O) groups excluding carboxylic acids is 1. The summed E-state index contributed by atoms with van der Waals surface area (Å²) in [6.07, 6.45) is 9.94.